The van der Waals surface area contributed by atoms with Crippen LogP contribution in [0.3, 0.4) is 0 Å². The van der Waals surface area contributed by atoms with Crippen LogP contribution in [0.2, 0.25) is 10.0 Å². The van der Waals surface area contributed by atoms with Crippen LogP contribution in [0.4, 0.5) is 0 Å². The predicted octanol–water partition coefficient (Wildman–Crippen LogP) is 4.47. The van der Waals surface area contributed by atoms with Crippen molar-refractivity contribution < 1.29 is 4.79 Å². The molecule has 0 aliphatic carbocycles. The molecule has 8 heteroatoms. The van der Waals surface area contributed by atoms with Crippen molar-refractivity contribution in [2.45, 2.75) is 33.4 Å². The minimum atomic E-state index is -0.320. The van der Waals surface area contributed by atoms with Gasteiger partial charge in [0.1, 0.15) is 6.04 Å². The fourth-order valence-corrected chi connectivity index (χ4v) is 4.20. The number of aryl methyl sites for hydroxylation is 1. The van der Waals surface area contributed by atoms with E-state index in [1.165, 1.54) is 0 Å². The number of benzene rings is 1. The molecule has 1 unspecified atom stereocenters. The van der Waals surface area contributed by atoms with Crippen LogP contribution in [0, 0.1) is 13.8 Å². The summed E-state index contributed by atoms with van der Waals surface area (Å²) >= 11 is 16.1. The molecule has 0 radical (unpaired) electrons. The predicted molar refractivity (Wildman–Crippen MR) is 112 cm³/mol. The number of aromatic nitrogens is 2. The highest BCUT2D eigenvalue weighted by molar-refractivity contribution is 9.10. The van der Waals surface area contributed by atoms with Gasteiger partial charge in [0, 0.05) is 48.3 Å². The van der Waals surface area contributed by atoms with Crippen LogP contribution in [0.25, 0.3) is 0 Å². The Bertz CT molecular complexity index is 826. The van der Waals surface area contributed by atoms with Crippen LogP contribution < -0.4 is 0 Å². The summed E-state index contributed by atoms with van der Waals surface area (Å²) in [6, 6.07) is 5.25. The van der Waals surface area contributed by atoms with Crippen LogP contribution in [0.1, 0.15) is 29.9 Å². The first-order valence-electron chi connectivity index (χ1n) is 8.94. The van der Waals surface area contributed by atoms with E-state index in [0.29, 0.717) is 29.7 Å². The van der Waals surface area contributed by atoms with Crippen molar-refractivity contribution in [2.24, 2.45) is 0 Å². The first-order valence-corrected chi connectivity index (χ1v) is 10.5. The molecule has 3 rings (SSSR count). The molecule has 0 spiro atoms. The Morgan fingerprint density at radius 2 is 1.78 bits per heavy atom. The van der Waals surface area contributed by atoms with Crippen molar-refractivity contribution in [2.75, 3.05) is 26.2 Å². The zero-order chi connectivity index (χ0) is 19.7. The van der Waals surface area contributed by atoms with E-state index in [1.807, 2.05) is 43.9 Å². The Labute approximate surface area is 178 Å². The van der Waals surface area contributed by atoms with E-state index in [2.05, 4.69) is 25.9 Å². The molecule has 1 fully saturated rings. The fourth-order valence-electron chi connectivity index (χ4n) is 3.42. The second kappa shape index (κ2) is 8.52. The van der Waals surface area contributed by atoms with Crippen LogP contribution in [-0.4, -0.2) is 51.7 Å². The van der Waals surface area contributed by atoms with Gasteiger partial charge in [0.2, 0.25) is 5.91 Å². The molecule has 1 aliphatic rings. The van der Waals surface area contributed by atoms with Crippen molar-refractivity contribution in [1.82, 2.24) is 19.6 Å². The molecule has 2 aromatic rings. The molecule has 27 heavy (non-hydrogen) atoms. The van der Waals surface area contributed by atoms with Gasteiger partial charge in [-0.05, 0) is 48.8 Å². The molecule has 5 nitrogen and oxygen atoms in total. The lowest BCUT2D eigenvalue weighted by molar-refractivity contribution is -0.136. The summed E-state index contributed by atoms with van der Waals surface area (Å²) in [6.45, 7) is 9.46. The number of nitrogens with zero attached hydrogens (tertiary/aromatic N) is 4. The molecular formula is C19H23BrCl2N4O. The minimum Gasteiger partial charge on any atom is -0.338 e. The number of carbonyl (C=O) groups excluding carboxylic acids is 1. The Morgan fingerprint density at radius 1 is 1.19 bits per heavy atom. The molecule has 0 bridgehead atoms. The summed E-state index contributed by atoms with van der Waals surface area (Å²) in [7, 11) is 0. The highest BCUT2D eigenvalue weighted by Gasteiger charge is 2.28. The third-order valence-corrected chi connectivity index (χ3v) is 6.94. The maximum absolute atomic E-state index is 12.9. The molecule has 1 atom stereocenters. The number of piperazine rings is 1. The van der Waals surface area contributed by atoms with Crippen molar-refractivity contribution in [3.05, 3.63) is 49.7 Å². The minimum absolute atomic E-state index is 0.100. The molecule has 0 N–H and O–H groups in total. The Balaban J connectivity index is 1.61. The molecule has 1 amide bonds. The van der Waals surface area contributed by atoms with Crippen molar-refractivity contribution >= 4 is 45.0 Å². The summed E-state index contributed by atoms with van der Waals surface area (Å²) in [6.07, 6.45) is 0. The van der Waals surface area contributed by atoms with E-state index in [1.54, 1.807) is 4.68 Å². The van der Waals surface area contributed by atoms with Gasteiger partial charge in [-0.3, -0.25) is 14.4 Å². The first kappa shape index (κ1) is 20.6. The monoisotopic (exact) mass is 472 g/mol. The summed E-state index contributed by atoms with van der Waals surface area (Å²) < 4.78 is 2.76. The summed E-state index contributed by atoms with van der Waals surface area (Å²) in [5.74, 6) is 0.100. The molecule has 1 aromatic carbocycles. The number of hydrogen-bond donors (Lipinski definition) is 0. The standard InChI is InChI=1S/C19H23BrCl2N4O/c1-12-18(20)13(2)26(23-12)14(3)19(27)25-9-7-24(8-10-25)11-15-16(21)5-4-6-17(15)22/h4-6,14H,7-11H2,1-3H3. The molecule has 1 aliphatic heterocycles. The molecular weight excluding hydrogens is 451 g/mol. The second-order valence-corrected chi connectivity index (χ2v) is 8.51. The zero-order valence-electron chi connectivity index (χ0n) is 15.7. The molecule has 1 saturated heterocycles. The highest BCUT2D eigenvalue weighted by atomic mass is 79.9. The normalized spacial score (nSPS) is 16.6. The van der Waals surface area contributed by atoms with E-state index < -0.39 is 0 Å². The Morgan fingerprint density at radius 3 is 2.30 bits per heavy atom. The number of rotatable bonds is 4. The van der Waals surface area contributed by atoms with Crippen LogP contribution in [0.15, 0.2) is 22.7 Å². The maximum Gasteiger partial charge on any atom is 0.247 e. The van der Waals surface area contributed by atoms with Gasteiger partial charge < -0.3 is 4.90 Å². The summed E-state index contributed by atoms with van der Waals surface area (Å²) in [5, 5.41) is 5.87. The number of hydrogen-bond acceptors (Lipinski definition) is 3. The lowest BCUT2D eigenvalue weighted by atomic mass is 10.2. The van der Waals surface area contributed by atoms with Crippen LogP contribution in [-0.2, 0) is 11.3 Å². The van der Waals surface area contributed by atoms with Crippen molar-refractivity contribution in [3.8, 4) is 0 Å². The third-order valence-electron chi connectivity index (χ3n) is 5.09. The zero-order valence-corrected chi connectivity index (χ0v) is 18.8. The SMILES string of the molecule is Cc1nn(C(C)C(=O)N2CCN(Cc3c(Cl)cccc3Cl)CC2)c(C)c1Br. The van der Waals surface area contributed by atoms with Crippen molar-refractivity contribution in [3.63, 3.8) is 0 Å². The third kappa shape index (κ3) is 4.34. The van der Waals surface area contributed by atoms with E-state index in [4.69, 9.17) is 23.2 Å². The van der Waals surface area contributed by atoms with Gasteiger partial charge in [-0.1, -0.05) is 29.3 Å². The van der Waals surface area contributed by atoms with Gasteiger partial charge in [-0.25, -0.2) is 0 Å². The average molecular weight is 474 g/mol. The van der Waals surface area contributed by atoms with E-state index >= 15 is 0 Å². The fraction of sp³-hybridized carbons (Fsp3) is 0.474. The van der Waals surface area contributed by atoms with Crippen LogP contribution in [0.5, 0.6) is 0 Å². The highest BCUT2D eigenvalue weighted by Crippen LogP contribution is 2.27. The van der Waals surface area contributed by atoms with Crippen LogP contribution >= 0.6 is 39.1 Å². The maximum atomic E-state index is 12.9. The summed E-state index contributed by atoms with van der Waals surface area (Å²) in [5.41, 5.74) is 2.82. The van der Waals surface area contributed by atoms with Gasteiger partial charge in [0.05, 0.1) is 15.9 Å². The average Bonchev–Trinajstić information content (AvgIpc) is 2.91. The van der Waals surface area contributed by atoms with Gasteiger partial charge >= 0.3 is 0 Å². The largest absolute Gasteiger partial charge is 0.338 e. The molecule has 2 heterocycles. The van der Waals surface area contributed by atoms with Gasteiger partial charge in [-0.15, -0.1) is 0 Å². The smallest absolute Gasteiger partial charge is 0.247 e. The van der Waals surface area contributed by atoms with E-state index in [0.717, 1.165) is 34.5 Å². The topological polar surface area (TPSA) is 41.4 Å². The van der Waals surface area contributed by atoms with Gasteiger partial charge in [0.25, 0.3) is 0 Å². The lowest BCUT2D eigenvalue weighted by Crippen LogP contribution is -2.50. The van der Waals surface area contributed by atoms with Gasteiger partial charge in [0.15, 0.2) is 0 Å². The Kier molecular flexibility index (Phi) is 6.51. The molecule has 146 valence electrons. The first-order chi connectivity index (χ1) is 12.8. The number of carbonyl (C=O) groups is 1. The lowest BCUT2D eigenvalue weighted by Gasteiger charge is -2.36. The van der Waals surface area contributed by atoms with Gasteiger partial charge in [-0.2, -0.15) is 5.10 Å². The summed E-state index contributed by atoms with van der Waals surface area (Å²) in [4.78, 5) is 17.1. The van der Waals surface area contributed by atoms with Crippen molar-refractivity contribution in [1.29, 1.82) is 0 Å². The molecule has 0 saturated carbocycles. The second-order valence-electron chi connectivity index (χ2n) is 6.91. The Hall–Kier alpha value is -1.08. The van der Waals surface area contributed by atoms with E-state index in [9.17, 15) is 4.79 Å². The number of halogens is 3. The number of amides is 1. The molecule has 1 aromatic heterocycles. The van der Waals surface area contributed by atoms with E-state index in [-0.39, 0.29) is 11.9 Å². The quantitative estimate of drug-likeness (QED) is 0.657.